The lowest BCUT2D eigenvalue weighted by molar-refractivity contribution is 0.00578. The van der Waals surface area contributed by atoms with Crippen molar-refractivity contribution < 1.29 is 18.1 Å². The molecule has 1 aromatic rings. The van der Waals surface area contributed by atoms with Crippen molar-refractivity contribution in [2.24, 2.45) is 0 Å². The fourth-order valence-corrected chi connectivity index (χ4v) is 1.52. The van der Waals surface area contributed by atoms with Gasteiger partial charge < -0.3 is 9.31 Å². The van der Waals surface area contributed by atoms with Crippen LogP contribution in [0.5, 0.6) is 0 Å². The first-order valence-electron chi connectivity index (χ1n) is 5.39. The van der Waals surface area contributed by atoms with Gasteiger partial charge in [-0.1, -0.05) is 0 Å². The summed E-state index contributed by atoms with van der Waals surface area (Å²) >= 11 is 0. The quantitative estimate of drug-likeness (QED) is 0.700. The Bertz CT molecular complexity index is 435. The second-order valence-corrected chi connectivity index (χ2v) is 5.11. The lowest BCUT2D eigenvalue weighted by atomic mass is 9.84. The van der Waals surface area contributed by atoms with Gasteiger partial charge in [-0.15, -0.1) is 0 Å². The van der Waals surface area contributed by atoms with E-state index in [1.165, 1.54) is 0 Å². The summed E-state index contributed by atoms with van der Waals surface area (Å²) in [6.07, 6.45) is 0.829. The van der Waals surface area contributed by atoms with Gasteiger partial charge in [0.2, 0.25) is 0 Å². The van der Waals surface area contributed by atoms with E-state index in [-0.39, 0.29) is 5.59 Å². The van der Waals surface area contributed by atoms with Gasteiger partial charge in [0.15, 0.2) is 11.6 Å². The van der Waals surface area contributed by atoms with Crippen molar-refractivity contribution in [3.8, 4) is 0 Å². The summed E-state index contributed by atoms with van der Waals surface area (Å²) in [5.41, 5.74) is -0.809. The van der Waals surface area contributed by atoms with Crippen LogP contribution in [0.1, 0.15) is 27.7 Å². The summed E-state index contributed by atoms with van der Waals surface area (Å²) in [6, 6.07) is 0.998. The molecule has 0 bridgehead atoms. The van der Waals surface area contributed by atoms with E-state index in [2.05, 4.69) is 4.98 Å². The van der Waals surface area contributed by atoms with Gasteiger partial charge >= 0.3 is 7.12 Å². The van der Waals surface area contributed by atoms with E-state index in [0.29, 0.717) is 0 Å². The zero-order valence-electron chi connectivity index (χ0n) is 10.3. The molecule has 17 heavy (non-hydrogen) atoms. The molecule has 1 fully saturated rings. The van der Waals surface area contributed by atoms with E-state index in [0.717, 1.165) is 12.3 Å². The van der Waals surface area contributed by atoms with Crippen molar-refractivity contribution >= 4 is 12.7 Å². The van der Waals surface area contributed by atoms with Gasteiger partial charge in [-0.3, -0.25) is 4.98 Å². The average molecular weight is 241 g/mol. The summed E-state index contributed by atoms with van der Waals surface area (Å²) in [7, 11) is -0.768. The maximum Gasteiger partial charge on any atom is 0.514 e. The highest BCUT2D eigenvalue weighted by atomic mass is 19.2. The number of hydrogen-bond acceptors (Lipinski definition) is 3. The predicted octanol–water partition coefficient (Wildman–Crippen LogP) is 1.66. The molecular formula is C11H14BF2NO2. The number of aromatic nitrogens is 1. The monoisotopic (exact) mass is 241 g/mol. The average Bonchev–Trinajstić information content (AvgIpc) is 2.41. The fourth-order valence-electron chi connectivity index (χ4n) is 1.52. The zero-order valence-corrected chi connectivity index (χ0v) is 10.3. The Morgan fingerprint density at radius 3 is 2.06 bits per heavy atom. The van der Waals surface area contributed by atoms with E-state index >= 15 is 0 Å². The maximum atomic E-state index is 13.1. The maximum absolute atomic E-state index is 13.1. The normalized spacial score (nSPS) is 21.9. The lowest BCUT2D eigenvalue weighted by Gasteiger charge is -2.32. The van der Waals surface area contributed by atoms with Crippen molar-refractivity contribution in [2.75, 3.05) is 0 Å². The number of pyridine rings is 1. The molecule has 1 aliphatic rings. The van der Waals surface area contributed by atoms with E-state index in [4.69, 9.17) is 9.31 Å². The molecule has 1 saturated heterocycles. The van der Waals surface area contributed by atoms with Crippen LogP contribution in [0.2, 0.25) is 0 Å². The Hall–Kier alpha value is -1.01. The Morgan fingerprint density at radius 2 is 1.59 bits per heavy atom. The molecule has 0 spiro atoms. The van der Waals surface area contributed by atoms with Gasteiger partial charge in [-0.05, 0) is 33.8 Å². The van der Waals surface area contributed by atoms with Crippen molar-refractivity contribution in [3.63, 3.8) is 0 Å². The Balaban J connectivity index is 2.29. The predicted molar refractivity (Wildman–Crippen MR) is 59.9 cm³/mol. The summed E-state index contributed by atoms with van der Waals surface area (Å²) < 4.78 is 37.2. The second-order valence-electron chi connectivity index (χ2n) is 5.11. The van der Waals surface area contributed by atoms with Gasteiger partial charge in [-0.2, -0.15) is 0 Å². The third-order valence-electron chi connectivity index (χ3n) is 3.32. The van der Waals surface area contributed by atoms with E-state index in [9.17, 15) is 8.78 Å². The van der Waals surface area contributed by atoms with Crippen molar-refractivity contribution in [1.82, 2.24) is 4.98 Å². The van der Waals surface area contributed by atoms with Gasteiger partial charge in [-0.25, -0.2) is 8.78 Å². The molecule has 6 heteroatoms. The van der Waals surface area contributed by atoms with Gasteiger partial charge in [0.1, 0.15) is 0 Å². The second kappa shape index (κ2) is 3.75. The molecule has 1 aliphatic heterocycles. The summed E-state index contributed by atoms with van der Waals surface area (Å²) in [5.74, 6) is -1.94. The summed E-state index contributed by atoms with van der Waals surface area (Å²) in [4.78, 5) is 3.79. The highest BCUT2D eigenvalue weighted by molar-refractivity contribution is 6.61. The Morgan fingerprint density at radius 1 is 1.06 bits per heavy atom. The molecule has 1 aromatic heterocycles. The Kier molecular flexibility index (Phi) is 2.74. The molecule has 3 nitrogen and oxygen atoms in total. The first-order valence-corrected chi connectivity index (χ1v) is 5.39. The molecule has 0 N–H and O–H groups in total. The van der Waals surface area contributed by atoms with E-state index in [1.54, 1.807) is 0 Å². The van der Waals surface area contributed by atoms with Crippen LogP contribution in [0.25, 0.3) is 0 Å². The van der Waals surface area contributed by atoms with Crippen LogP contribution in [-0.4, -0.2) is 23.3 Å². The molecule has 0 radical (unpaired) electrons. The largest absolute Gasteiger partial charge is 0.514 e. The van der Waals surface area contributed by atoms with Crippen LogP contribution in [0.4, 0.5) is 8.78 Å². The van der Waals surface area contributed by atoms with Crippen LogP contribution in [-0.2, 0) is 9.31 Å². The topological polar surface area (TPSA) is 31.4 Å². The third kappa shape index (κ3) is 2.07. The smallest absolute Gasteiger partial charge is 0.398 e. The van der Waals surface area contributed by atoms with Crippen LogP contribution in [0.3, 0.4) is 0 Å². The van der Waals surface area contributed by atoms with Crippen molar-refractivity contribution in [2.45, 2.75) is 38.9 Å². The van der Waals surface area contributed by atoms with E-state index < -0.39 is 30.0 Å². The molecule has 0 aromatic carbocycles. The highest BCUT2D eigenvalue weighted by Gasteiger charge is 2.52. The summed E-state index contributed by atoms with van der Waals surface area (Å²) in [5, 5.41) is 0. The zero-order chi connectivity index (χ0) is 12.8. The fraction of sp³-hybridized carbons (Fsp3) is 0.545. The number of rotatable bonds is 1. The van der Waals surface area contributed by atoms with Crippen LogP contribution < -0.4 is 5.59 Å². The van der Waals surface area contributed by atoms with E-state index in [1.807, 2.05) is 27.7 Å². The molecule has 0 amide bonds. The van der Waals surface area contributed by atoms with Gasteiger partial charge in [0, 0.05) is 0 Å². The standard InChI is InChI=1S/C11H14BF2NO2/c1-10(2)11(3,4)17-12(16-10)9-5-7(13)8(14)6-15-9/h5-6H,1-4H3. The number of hydrogen-bond donors (Lipinski definition) is 0. The molecular weight excluding hydrogens is 227 g/mol. The minimum atomic E-state index is -0.981. The van der Waals surface area contributed by atoms with Gasteiger partial charge in [0.25, 0.3) is 0 Å². The van der Waals surface area contributed by atoms with Crippen LogP contribution >= 0.6 is 0 Å². The number of nitrogens with zero attached hydrogens (tertiary/aromatic N) is 1. The molecule has 0 atom stereocenters. The number of halogens is 2. The third-order valence-corrected chi connectivity index (χ3v) is 3.32. The first-order chi connectivity index (χ1) is 7.73. The summed E-state index contributed by atoms with van der Waals surface area (Å²) in [6.45, 7) is 7.53. The molecule has 2 rings (SSSR count). The SMILES string of the molecule is CC1(C)OB(c2cc(F)c(F)cn2)OC1(C)C. The van der Waals surface area contributed by atoms with Gasteiger partial charge in [0.05, 0.1) is 23.0 Å². The van der Waals surface area contributed by atoms with Crippen molar-refractivity contribution in [3.05, 3.63) is 23.9 Å². The molecule has 92 valence electrons. The molecule has 2 heterocycles. The lowest BCUT2D eigenvalue weighted by Crippen LogP contribution is -2.41. The molecule has 0 unspecified atom stereocenters. The highest BCUT2D eigenvalue weighted by Crippen LogP contribution is 2.36. The van der Waals surface area contributed by atoms with Crippen molar-refractivity contribution in [1.29, 1.82) is 0 Å². The Labute approximate surface area is 99.3 Å². The van der Waals surface area contributed by atoms with Crippen LogP contribution in [0, 0.1) is 11.6 Å². The van der Waals surface area contributed by atoms with Crippen LogP contribution in [0.15, 0.2) is 12.3 Å². The minimum absolute atomic E-state index is 0.238. The molecule has 0 saturated carbocycles. The first kappa shape index (κ1) is 12.5. The molecule has 0 aliphatic carbocycles. The minimum Gasteiger partial charge on any atom is -0.398 e.